The third kappa shape index (κ3) is 5.06. The van der Waals surface area contributed by atoms with Gasteiger partial charge in [0.1, 0.15) is 12.0 Å². The van der Waals surface area contributed by atoms with E-state index in [1.807, 2.05) is 49.2 Å². The second kappa shape index (κ2) is 9.84. The molecule has 37 heavy (non-hydrogen) atoms. The Morgan fingerprint density at radius 1 is 1.16 bits per heavy atom. The second-order valence-corrected chi connectivity index (χ2v) is 9.93. The number of anilines is 2. The Kier molecular flexibility index (Phi) is 6.42. The smallest absolute Gasteiger partial charge is 0.255 e. The highest BCUT2D eigenvalue weighted by atomic mass is 32.1. The Hall–Kier alpha value is -4.55. The van der Waals surface area contributed by atoms with E-state index in [2.05, 4.69) is 16.4 Å². The SMILES string of the molecule is COc1ccc(NC(=O)c2cccc(C(C)(C)C#N)c2)cc1Oc1ccc2nc(N3C=COC3)sc2c1. The maximum Gasteiger partial charge on any atom is 0.255 e. The second-order valence-electron chi connectivity index (χ2n) is 8.92. The number of ether oxygens (including phenoxy) is 3. The standard InChI is InChI=1S/C28H24N4O4S/c1-28(2,16-29)19-6-4-5-18(13-19)26(33)30-20-7-10-23(34-3)24(14-20)36-21-8-9-22-25(15-21)37-27(31-22)32-11-12-35-17-32/h4-15H,17H2,1-3H3,(H,30,33). The first-order valence-electron chi connectivity index (χ1n) is 11.5. The molecule has 4 aromatic rings. The maximum absolute atomic E-state index is 13.0. The van der Waals surface area contributed by atoms with Gasteiger partial charge in [-0.05, 0) is 55.8 Å². The molecule has 0 saturated heterocycles. The van der Waals surface area contributed by atoms with Crippen molar-refractivity contribution in [3.05, 3.63) is 84.3 Å². The summed E-state index contributed by atoms with van der Waals surface area (Å²) in [4.78, 5) is 19.5. The molecule has 1 aliphatic heterocycles. The lowest BCUT2D eigenvalue weighted by Crippen LogP contribution is -2.17. The first-order valence-corrected chi connectivity index (χ1v) is 12.3. The molecule has 9 heteroatoms. The number of carbonyl (C=O) groups is 1. The average molecular weight is 513 g/mol. The zero-order valence-corrected chi connectivity index (χ0v) is 21.3. The number of thiazole rings is 1. The van der Waals surface area contributed by atoms with Crippen LogP contribution in [0.3, 0.4) is 0 Å². The van der Waals surface area contributed by atoms with E-state index >= 15 is 0 Å². The summed E-state index contributed by atoms with van der Waals surface area (Å²) in [6, 6.07) is 20.2. The fourth-order valence-corrected chi connectivity index (χ4v) is 4.72. The summed E-state index contributed by atoms with van der Waals surface area (Å²) in [6.07, 6.45) is 3.49. The van der Waals surface area contributed by atoms with Crippen LogP contribution in [0.1, 0.15) is 29.8 Å². The van der Waals surface area contributed by atoms with Crippen LogP contribution >= 0.6 is 11.3 Å². The van der Waals surface area contributed by atoms with E-state index in [-0.39, 0.29) is 5.91 Å². The molecule has 3 aromatic carbocycles. The molecule has 0 radical (unpaired) electrons. The van der Waals surface area contributed by atoms with Crippen LogP contribution < -0.4 is 19.7 Å². The van der Waals surface area contributed by atoms with Crippen LogP contribution in [0.15, 0.2) is 73.1 Å². The highest BCUT2D eigenvalue weighted by molar-refractivity contribution is 7.22. The van der Waals surface area contributed by atoms with E-state index in [4.69, 9.17) is 14.2 Å². The van der Waals surface area contributed by atoms with Gasteiger partial charge in [-0.15, -0.1) is 0 Å². The largest absolute Gasteiger partial charge is 0.493 e. The fourth-order valence-electron chi connectivity index (χ4n) is 3.76. The average Bonchev–Trinajstić information content (AvgIpc) is 3.59. The molecule has 8 nitrogen and oxygen atoms in total. The van der Waals surface area contributed by atoms with Gasteiger partial charge >= 0.3 is 0 Å². The van der Waals surface area contributed by atoms with E-state index in [0.29, 0.717) is 35.2 Å². The fraction of sp³-hybridized carbons (Fsp3) is 0.179. The molecule has 186 valence electrons. The Morgan fingerprint density at radius 3 is 2.78 bits per heavy atom. The molecular formula is C28H24N4O4S. The molecule has 5 rings (SSSR count). The third-order valence-corrected chi connectivity index (χ3v) is 6.98. The molecule has 1 aromatic heterocycles. The molecule has 0 spiro atoms. The summed E-state index contributed by atoms with van der Waals surface area (Å²) < 4.78 is 17.9. The lowest BCUT2D eigenvalue weighted by Gasteiger charge is -2.17. The van der Waals surface area contributed by atoms with Gasteiger partial charge in [0.05, 0.1) is 28.8 Å². The predicted octanol–water partition coefficient (Wildman–Crippen LogP) is 6.42. The Balaban J connectivity index is 1.37. The minimum absolute atomic E-state index is 0.287. The highest BCUT2D eigenvalue weighted by Gasteiger charge is 2.21. The summed E-state index contributed by atoms with van der Waals surface area (Å²) in [6.45, 7) is 4.08. The monoisotopic (exact) mass is 512 g/mol. The third-order valence-electron chi connectivity index (χ3n) is 5.92. The molecule has 1 aliphatic rings. The van der Waals surface area contributed by atoms with Crippen LogP contribution in [0.25, 0.3) is 10.2 Å². The lowest BCUT2D eigenvalue weighted by molar-refractivity contribution is 0.102. The number of carbonyl (C=O) groups excluding carboxylic acids is 1. The van der Waals surface area contributed by atoms with Crippen molar-refractivity contribution in [2.45, 2.75) is 19.3 Å². The number of nitrogens with one attached hydrogen (secondary N) is 1. The maximum atomic E-state index is 13.0. The van der Waals surface area contributed by atoms with Gasteiger partial charge in [-0.1, -0.05) is 23.5 Å². The Morgan fingerprint density at radius 2 is 2.03 bits per heavy atom. The molecule has 0 fully saturated rings. The molecular weight excluding hydrogens is 488 g/mol. The van der Waals surface area contributed by atoms with E-state index in [1.54, 1.807) is 49.8 Å². The summed E-state index contributed by atoms with van der Waals surface area (Å²) in [5.74, 6) is 1.31. The first-order chi connectivity index (χ1) is 17.9. The predicted molar refractivity (Wildman–Crippen MR) is 143 cm³/mol. The van der Waals surface area contributed by atoms with Gasteiger partial charge in [0.25, 0.3) is 5.91 Å². The van der Waals surface area contributed by atoms with Crippen molar-refractivity contribution in [3.63, 3.8) is 0 Å². The molecule has 0 atom stereocenters. The molecule has 0 bridgehead atoms. The lowest BCUT2D eigenvalue weighted by atomic mass is 9.85. The van der Waals surface area contributed by atoms with Gasteiger partial charge in [0.15, 0.2) is 23.4 Å². The Labute approximate surface area is 218 Å². The van der Waals surface area contributed by atoms with E-state index in [0.717, 1.165) is 20.9 Å². The van der Waals surface area contributed by atoms with Crippen LogP contribution in [0, 0.1) is 11.3 Å². The normalized spacial score (nSPS) is 12.8. The topological polar surface area (TPSA) is 96.7 Å². The summed E-state index contributed by atoms with van der Waals surface area (Å²) in [7, 11) is 1.56. The van der Waals surface area contributed by atoms with Crippen LogP contribution in [-0.4, -0.2) is 24.7 Å². The van der Waals surface area contributed by atoms with Crippen molar-refractivity contribution < 1.29 is 19.0 Å². The number of amides is 1. The molecule has 0 aliphatic carbocycles. The van der Waals surface area contributed by atoms with Crippen molar-refractivity contribution in [1.29, 1.82) is 5.26 Å². The number of hydrogen-bond acceptors (Lipinski definition) is 8. The summed E-state index contributed by atoms with van der Waals surface area (Å²) in [5.41, 5.74) is 1.95. The summed E-state index contributed by atoms with van der Waals surface area (Å²) >= 11 is 1.54. The number of rotatable bonds is 7. The van der Waals surface area contributed by atoms with E-state index in [9.17, 15) is 10.1 Å². The number of fused-ring (bicyclic) bond motifs is 1. The number of nitriles is 1. The number of benzene rings is 3. The van der Waals surface area contributed by atoms with Gasteiger partial charge in [0, 0.05) is 29.6 Å². The molecule has 0 unspecified atom stereocenters. The molecule has 0 saturated carbocycles. The number of methoxy groups -OCH3 is 1. The number of aromatic nitrogens is 1. The minimum atomic E-state index is -0.698. The van der Waals surface area contributed by atoms with Gasteiger partial charge in [0.2, 0.25) is 0 Å². The molecule has 1 amide bonds. The van der Waals surface area contributed by atoms with Crippen molar-refractivity contribution in [2.24, 2.45) is 0 Å². The van der Waals surface area contributed by atoms with Crippen molar-refractivity contribution >= 4 is 38.3 Å². The number of hydrogen-bond donors (Lipinski definition) is 1. The van der Waals surface area contributed by atoms with Crippen LogP contribution in [-0.2, 0) is 10.2 Å². The van der Waals surface area contributed by atoms with Gasteiger partial charge in [-0.2, -0.15) is 5.26 Å². The van der Waals surface area contributed by atoms with Crippen molar-refractivity contribution in [2.75, 3.05) is 24.1 Å². The van der Waals surface area contributed by atoms with Crippen LogP contribution in [0.2, 0.25) is 0 Å². The van der Waals surface area contributed by atoms with Crippen molar-refractivity contribution in [3.8, 4) is 23.3 Å². The first kappa shape index (κ1) is 24.2. The number of nitrogens with zero attached hydrogens (tertiary/aromatic N) is 3. The van der Waals surface area contributed by atoms with E-state index < -0.39 is 5.41 Å². The van der Waals surface area contributed by atoms with Crippen molar-refractivity contribution in [1.82, 2.24) is 4.98 Å². The summed E-state index contributed by atoms with van der Waals surface area (Å²) in [5, 5.41) is 13.2. The van der Waals surface area contributed by atoms with Gasteiger partial charge in [-0.25, -0.2) is 4.98 Å². The zero-order chi connectivity index (χ0) is 26.0. The quantitative estimate of drug-likeness (QED) is 0.305. The molecule has 2 heterocycles. The van der Waals surface area contributed by atoms with Crippen LogP contribution in [0.5, 0.6) is 17.2 Å². The van der Waals surface area contributed by atoms with E-state index in [1.165, 1.54) is 11.3 Å². The van der Waals surface area contributed by atoms with Gasteiger partial charge in [-0.3, -0.25) is 9.69 Å². The Bertz CT molecular complexity index is 1550. The van der Waals surface area contributed by atoms with Crippen LogP contribution in [0.4, 0.5) is 10.8 Å². The zero-order valence-electron chi connectivity index (χ0n) is 20.5. The highest BCUT2D eigenvalue weighted by Crippen LogP contribution is 2.37. The molecule has 1 N–H and O–H groups in total. The minimum Gasteiger partial charge on any atom is -0.493 e. The van der Waals surface area contributed by atoms with Gasteiger partial charge < -0.3 is 19.5 Å².